The Morgan fingerprint density at radius 1 is 1.38 bits per heavy atom. The van der Waals surface area contributed by atoms with Crippen molar-refractivity contribution in [2.24, 2.45) is 0 Å². The summed E-state index contributed by atoms with van der Waals surface area (Å²) in [5.41, 5.74) is 4.17. The number of carbonyl (C=O) groups is 1. The van der Waals surface area contributed by atoms with Crippen LogP contribution in [0.25, 0.3) is 11.1 Å². The number of pyridine rings is 1. The van der Waals surface area contributed by atoms with Crippen molar-refractivity contribution in [3.8, 4) is 17.0 Å². The number of hydrogen-bond donors (Lipinski definition) is 3. The van der Waals surface area contributed by atoms with Gasteiger partial charge < -0.3 is 15.2 Å². The Kier molecular flexibility index (Phi) is 6.19. The lowest BCUT2D eigenvalue weighted by Crippen LogP contribution is -2.33. The van der Waals surface area contributed by atoms with Crippen LogP contribution in [0.15, 0.2) is 43.1 Å². The van der Waals surface area contributed by atoms with Gasteiger partial charge in [-0.15, -0.1) is 6.58 Å². The average molecular weight is 417 g/mol. The zero-order valence-corrected chi connectivity index (χ0v) is 16.8. The van der Waals surface area contributed by atoms with E-state index in [2.05, 4.69) is 16.9 Å². The minimum atomic E-state index is -3.68. The predicted molar refractivity (Wildman–Crippen MR) is 110 cm³/mol. The highest BCUT2D eigenvalue weighted by atomic mass is 32.2. The molecule has 3 N–H and O–H groups in total. The van der Waals surface area contributed by atoms with Crippen LogP contribution in [0.3, 0.4) is 0 Å². The summed E-state index contributed by atoms with van der Waals surface area (Å²) in [5.74, 6) is 0.315. The van der Waals surface area contributed by atoms with Crippen LogP contribution in [-0.2, 0) is 22.9 Å². The van der Waals surface area contributed by atoms with Crippen LogP contribution in [0, 0.1) is 0 Å². The van der Waals surface area contributed by atoms with Gasteiger partial charge in [-0.25, -0.2) is 22.9 Å². The summed E-state index contributed by atoms with van der Waals surface area (Å²) in [7, 11) is -3.68. The molecule has 2 aromatic rings. The second-order valence-electron chi connectivity index (χ2n) is 6.80. The number of ether oxygens (including phenoxy) is 1. The van der Waals surface area contributed by atoms with Crippen molar-refractivity contribution in [2.75, 3.05) is 18.2 Å². The molecule has 1 unspecified atom stereocenters. The monoisotopic (exact) mass is 417 g/mol. The largest absolute Gasteiger partial charge is 0.475 e. The molecule has 1 aliphatic rings. The highest BCUT2D eigenvalue weighted by Gasteiger charge is 2.21. The highest BCUT2D eigenvalue weighted by molar-refractivity contribution is 7.89. The molecule has 1 heterocycles. The molecule has 0 aliphatic heterocycles. The smallest absolute Gasteiger partial charge is 0.332 e. The maximum atomic E-state index is 12.2. The number of hydrogen-bond acceptors (Lipinski definition) is 6. The zero-order chi connectivity index (χ0) is 21.0. The lowest BCUT2D eigenvalue weighted by molar-refractivity contribution is 0.141. The van der Waals surface area contributed by atoms with Crippen LogP contribution in [0.4, 0.5) is 10.5 Å². The molecule has 154 valence electrons. The first-order valence-corrected chi connectivity index (χ1v) is 11.0. The van der Waals surface area contributed by atoms with Gasteiger partial charge in [0.1, 0.15) is 12.7 Å². The fourth-order valence-electron chi connectivity index (χ4n) is 3.25. The first-order valence-electron chi connectivity index (χ1n) is 9.10. The fourth-order valence-corrected chi connectivity index (χ4v) is 3.64. The number of nitrogens with zero attached hydrogens (tertiary/aromatic N) is 1. The summed E-state index contributed by atoms with van der Waals surface area (Å²) in [6, 6.07) is 6.56. The number of amides is 2. The summed E-state index contributed by atoms with van der Waals surface area (Å²) in [6.07, 6.45) is 5.71. The van der Waals surface area contributed by atoms with E-state index >= 15 is 0 Å². The van der Waals surface area contributed by atoms with E-state index in [4.69, 9.17) is 4.74 Å². The minimum Gasteiger partial charge on any atom is -0.475 e. The number of aliphatic hydroxyl groups excluding tert-OH is 1. The van der Waals surface area contributed by atoms with E-state index in [-0.39, 0.29) is 6.61 Å². The van der Waals surface area contributed by atoms with Crippen molar-refractivity contribution < 1.29 is 23.1 Å². The van der Waals surface area contributed by atoms with Gasteiger partial charge in [-0.05, 0) is 42.0 Å². The normalized spacial score (nSPS) is 14.0. The zero-order valence-electron chi connectivity index (χ0n) is 16.0. The minimum absolute atomic E-state index is 0.0199. The Bertz CT molecular complexity index is 1040. The van der Waals surface area contributed by atoms with E-state index in [1.165, 1.54) is 6.08 Å². The first kappa shape index (κ1) is 20.8. The maximum Gasteiger partial charge on any atom is 0.332 e. The van der Waals surface area contributed by atoms with Crippen LogP contribution < -0.4 is 14.8 Å². The number of nitrogens with one attached hydrogen (secondary N) is 2. The van der Waals surface area contributed by atoms with Crippen molar-refractivity contribution in [1.82, 2.24) is 9.71 Å². The number of fused-ring (bicyclic) bond motifs is 1. The van der Waals surface area contributed by atoms with E-state index in [0.717, 1.165) is 47.8 Å². The Balaban J connectivity index is 1.95. The van der Waals surface area contributed by atoms with Crippen molar-refractivity contribution in [3.05, 3.63) is 54.2 Å². The molecule has 3 rings (SSSR count). The molecular weight excluding hydrogens is 394 g/mol. The average Bonchev–Trinajstić information content (AvgIpc) is 3.14. The molecular formula is C20H23N3O5S. The lowest BCUT2D eigenvalue weighted by atomic mass is 9.98. The number of urea groups is 1. The molecule has 2 amide bonds. The van der Waals surface area contributed by atoms with Crippen molar-refractivity contribution in [2.45, 2.75) is 25.4 Å². The van der Waals surface area contributed by atoms with E-state index in [9.17, 15) is 18.3 Å². The van der Waals surface area contributed by atoms with Crippen molar-refractivity contribution in [1.29, 1.82) is 0 Å². The number of rotatable bonds is 7. The molecule has 1 aromatic carbocycles. The first-order chi connectivity index (χ1) is 13.8. The number of aryl methyl sites for hydroxylation is 1. The van der Waals surface area contributed by atoms with Crippen LogP contribution >= 0.6 is 0 Å². The van der Waals surface area contributed by atoms with Gasteiger partial charge in [0.2, 0.25) is 15.9 Å². The molecule has 0 bridgehead atoms. The molecule has 29 heavy (non-hydrogen) atoms. The maximum absolute atomic E-state index is 12.2. The third-order valence-electron chi connectivity index (χ3n) is 4.52. The van der Waals surface area contributed by atoms with Crippen LogP contribution in [0.2, 0.25) is 0 Å². The molecule has 0 saturated heterocycles. The number of carbonyl (C=O) groups excluding carboxylic acids is 1. The quantitative estimate of drug-likeness (QED) is 0.595. The molecule has 0 fully saturated rings. The molecule has 8 nitrogen and oxygen atoms in total. The Morgan fingerprint density at radius 3 is 2.90 bits per heavy atom. The summed E-state index contributed by atoms with van der Waals surface area (Å²) in [6.45, 7) is 3.52. The molecule has 9 heteroatoms. The van der Waals surface area contributed by atoms with Crippen LogP contribution in [0.5, 0.6) is 5.88 Å². The van der Waals surface area contributed by atoms with Crippen LogP contribution in [-0.4, -0.2) is 43.5 Å². The molecule has 0 saturated carbocycles. The number of aliphatic hydroxyl groups is 1. The second-order valence-corrected chi connectivity index (χ2v) is 8.55. The van der Waals surface area contributed by atoms with E-state index in [1.807, 2.05) is 16.9 Å². The fraction of sp³-hybridized carbons (Fsp3) is 0.300. The van der Waals surface area contributed by atoms with Gasteiger partial charge >= 0.3 is 6.03 Å². The number of anilines is 1. The van der Waals surface area contributed by atoms with Crippen molar-refractivity contribution >= 4 is 21.7 Å². The summed E-state index contributed by atoms with van der Waals surface area (Å²) >= 11 is 0. The van der Waals surface area contributed by atoms with Gasteiger partial charge in [0.15, 0.2) is 0 Å². The molecule has 0 spiro atoms. The SMILES string of the molecule is C=CC(O)COc1cc(-c2ccc3c(c2NC(=O)NS(C)(=O)=O)CCC3)ccn1. The summed E-state index contributed by atoms with van der Waals surface area (Å²) in [4.78, 5) is 16.3. The lowest BCUT2D eigenvalue weighted by Gasteiger charge is -2.17. The van der Waals surface area contributed by atoms with Gasteiger partial charge in [-0.3, -0.25) is 0 Å². The van der Waals surface area contributed by atoms with E-state index < -0.39 is 22.2 Å². The number of benzene rings is 1. The Hall–Kier alpha value is -2.91. The third kappa shape index (κ3) is 5.33. The van der Waals surface area contributed by atoms with Crippen LogP contribution in [0.1, 0.15) is 17.5 Å². The Morgan fingerprint density at radius 2 is 2.17 bits per heavy atom. The Labute approximate surface area is 169 Å². The number of sulfonamides is 1. The topological polar surface area (TPSA) is 118 Å². The standard InChI is InChI=1S/C20H23N3O5S/c1-3-15(24)12-28-18-11-14(9-10-21-18)17-8-7-13-5-4-6-16(13)19(17)22-20(25)23-29(2,26)27/h3,7-11,15,24H,1,4-6,12H2,2H3,(H2,22,23,25). The highest BCUT2D eigenvalue weighted by Crippen LogP contribution is 2.38. The second kappa shape index (κ2) is 8.62. The van der Waals surface area contributed by atoms with E-state index in [0.29, 0.717) is 11.6 Å². The summed E-state index contributed by atoms with van der Waals surface area (Å²) in [5, 5.41) is 12.3. The third-order valence-corrected chi connectivity index (χ3v) is 5.08. The van der Waals surface area contributed by atoms with Crippen molar-refractivity contribution in [3.63, 3.8) is 0 Å². The van der Waals surface area contributed by atoms with Gasteiger partial charge in [0.05, 0.1) is 11.9 Å². The molecule has 0 radical (unpaired) electrons. The van der Waals surface area contributed by atoms with Gasteiger partial charge in [0.25, 0.3) is 0 Å². The molecule has 1 aliphatic carbocycles. The predicted octanol–water partition coefficient (Wildman–Crippen LogP) is 2.24. The van der Waals surface area contributed by atoms with Gasteiger partial charge in [-0.2, -0.15) is 0 Å². The number of aromatic nitrogens is 1. The van der Waals surface area contributed by atoms with Gasteiger partial charge in [0, 0.05) is 17.8 Å². The molecule has 1 aromatic heterocycles. The van der Waals surface area contributed by atoms with Gasteiger partial charge in [-0.1, -0.05) is 18.2 Å². The summed E-state index contributed by atoms with van der Waals surface area (Å²) < 4.78 is 30.2. The van der Waals surface area contributed by atoms with E-state index in [1.54, 1.807) is 18.3 Å². The molecule has 1 atom stereocenters.